The van der Waals surface area contributed by atoms with Gasteiger partial charge in [0.1, 0.15) is 10.7 Å². The third kappa shape index (κ3) is 3.57. The summed E-state index contributed by atoms with van der Waals surface area (Å²) in [4.78, 5) is 19.2. The molecule has 6 heteroatoms. The van der Waals surface area contributed by atoms with E-state index in [1.54, 1.807) is 0 Å². The maximum atomic E-state index is 12.8. The van der Waals surface area contributed by atoms with Gasteiger partial charge in [0.15, 0.2) is 0 Å². The minimum atomic E-state index is -0.0198. The lowest BCUT2D eigenvalue weighted by Crippen LogP contribution is -2.51. The number of amides is 1. The Hall–Kier alpha value is -1.43. The second kappa shape index (κ2) is 6.99. The molecule has 122 valence electrons. The summed E-state index contributed by atoms with van der Waals surface area (Å²) in [5.41, 5.74) is 7.54. The Kier molecular flexibility index (Phi) is 4.99. The van der Waals surface area contributed by atoms with E-state index in [1.807, 2.05) is 41.5 Å². The molecule has 2 unspecified atom stereocenters. The van der Waals surface area contributed by atoms with E-state index in [-0.39, 0.29) is 18.0 Å². The smallest absolute Gasteiger partial charge is 0.273 e. The highest BCUT2D eigenvalue weighted by molar-refractivity contribution is 7.13. The van der Waals surface area contributed by atoms with Gasteiger partial charge in [-0.15, -0.1) is 11.3 Å². The Morgan fingerprint density at radius 2 is 2.13 bits per heavy atom. The molecule has 4 nitrogen and oxygen atoms in total. The number of nitrogens with zero attached hydrogens (tertiary/aromatic N) is 2. The van der Waals surface area contributed by atoms with Gasteiger partial charge in [-0.05, 0) is 38.3 Å². The van der Waals surface area contributed by atoms with Gasteiger partial charge >= 0.3 is 0 Å². The topological polar surface area (TPSA) is 59.2 Å². The lowest BCUT2D eigenvalue weighted by Gasteiger charge is -2.37. The standard InChI is InChI=1S/C17H20ClN3OS/c1-11(19)15-4-2-3-9-21(15)17(22)14-10-23-16(20-14)12-5-7-13(18)8-6-12/h5-8,10-11,15H,2-4,9,19H2,1H3. The highest BCUT2D eigenvalue weighted by Gasteiger charge is 2.30. The molecule has 1 amide bonds. The maximum absolute atomic E-state index is 12.8. The fraction of sp³-hybridized carbons (Fsp3) is 0.412. The van der Waals surface area contributed by atoms with E-state index in [1.165, 1.54) is 11.3 Å². The van der Waals surface area contributed by atoms with Gasteiger partial charge in [0, 0.05) is 34.6 Å². The quantitative estimate of drug-likeness (QED) is 0.916. The first-order valence-corrected chi connectivity index (χ1v) is 9.10. The fourth-order valence-corrected chi connectivity index (χ4v) is 3.93. The monoisotopic (exact) mass is 349 g/mol. The molecule has 1 saturated heterocycles. The van der Waals surface area contributed by atoms with E-state index in [0.29, 0.717) is 10.7 Å². The predicted molar refractivity (Wildman–Crippen MR) is 94.9 cm³/mol. The van der Waals surface area contributed by atoms with Crippen LogP contribution in [0.25, 0.3) is 10.6 Å². The number of carbonyl (C=O) groups excluding carboxylic acids is 1. The van der Waals surface area contributed by atoms with E-state index >= 15 is 0 Å². The molecule has 0 spiro atoms. The summed E-state index contributed by atoms with van der Waals surface area (Å²) >= 11 is 7.39. The number of hydrogen-bond acceptors (Lipinski definition) is 4. The van der Waals surface area contributed by atoms with Gasteiger partial charge in [-0.1, -0.05) is 23.7 Å². The average molecular weight is 350 g/mol. The van der Waals surface area contributed by atoms with Crippen LogP contribution in [-0.4, -0.2) is 34.4 Å². The van der Waals surface area contributed by atoms with Crippen molar-refractivity contribution in [1.29, 1.82) is 0 Å². The number of thiazole rings is 1. The van der Waals surface area contributed by atoms with Crippen molar-refractivity contribution < 1.29 is 4.79 Å². The van der Waals surface area contributed by atoms with Crippen LogP contribution in [0, 0.1) is 0 Å². The van der Waals surface area contributed by atoms with Crippen LogP contribution < -0.4 is 5.73 Å². The number of aromatic nitrogens is 1. The molecule has 23 heavy (non-hydrogen) atoms. The molecular formula is C17H20ClN3OS. The highest BCUT2D eigenvalue weighted by atomic mass is 35.5. The molecule has 0 radical (unpaired) electrons. The summed E-state index contributed by atoms with van der Waals surface area (Å²) in [6, 6.07) is 7.58. The summed E-state index contributed by atoms with van der Waals surface area (Å²) in [5.74, 6) is -0.0107. The second-order valence-corrected chi connectivity index (χ2v) is 7.26. The van der Waals surface area contributed by atoms with E-state index < -0.39 is 0 Å². The largest absolute Gasteiger partial charge is 0.333 e. The fourth-order valence-electron chi connectivity index (χ4n) is 3.00. The van der Waals surface area contributed by atoms with Gasteiger partial charge in [0.2, 0.25) is 0 Å². The van der Waals surface area contributed by atoms with E-state index in [0.717, 1.165) is 36.4 Å². The third-order valence-electron chi connectivity index (χ3n) is 4.23. The van der Waals surface area contributed by atoms with Crippen LogP contribution >= 0.6 is 22.9 Å². The summed E-state index contributed by atoms with van der Waals surface area (Å²) in [5, 5.41) is 3.35. The zero-order valence-electron chi connectivity index (χ0n) is 13.0. The van der Waals surface area contributed by atoms with Crippen LogP contribution in [0.5, 0.6) is 0 Å². The van der Waals surface area contributed by atoms with Crippen molar-refractivity contribution in [3.05, 3.63) is 40.4 Å². The van der Waals surface area contributed by atoms with Gasteiger partial charge in [-0.2, -0.15) is 0 Å². The molecule has 1 aromatic carbocycles. The van der Waals surface area contributed by atoms with E-state index in [4.69, 9.17) is 17.3 Å². The van der Waals surface area contributed by atoms with Gasteiger partial charge in [-0.3, -0.25) is 4.79 Å². The van der Waals surface area contributed by atoms with E-state index in [9.17, 15) is 4.79 Å². The number of benzene rings is 1. The Labute approximate surface area is 145 Å². The molecule has 0 aliphatic carbocycles. The Balaban J connectivity index is 1.81. The van der Waals surface area contributed by atoms with Crippen molar-refractivity contribution in [2.24, 2.45) is 5.73 Å². The second-order valence-electron chi connectivity index (χ2n) is 5.97. The minimum Gasteiger partial charge on any atom is -0.333 e. The van der Waals surface area contributed by atoms with Crippen molar-refractivity contribution in [3.8, 4) is 10.6 Å². The number of hydrogen-bond donors (Lipinski definition) is 1. The summed E-state index contributed by atoms with van der Waals surface area (Å²) in [6.45, 7) is 2.73. The van der Waals surface area contributed by atoms with Crippen LogP contribution in [0.15, 0.2) is 29.6 Å². The first kappa shape index (κ1) is 16.4. The van der Waals surface area contributed by atoms with Crippen molar-refractivity contribution in [1.82, 2.24) is 9.88 Å². The Bertz CT molecular complexity index is 683. The number of halogens is 1. The molecule has 1 fully saturated rings. The van der Waals surface area contributed by atoms with Crippen LogP contribution in [-0.2, 0) is 0 Å². The highest BCUT2D eigenvalue weighted by Crippen LogP contribution is 2.27. The molecule has 1 aromatic heterocycles. The van der Waals surface area contributed by atoms with Crippen molar-refractivity contribution in [3.63, 3.8) is 0 Å². The van der Waals surface area contributed by atoms with Crippen LogP contribution in [0.4, 0.5) is 0 Å². The first-order chi connectivity index (χ1) is 11.1. The molecular weight excluding hydrogens is 330 g/mol. The Morgan fingerprint density at radius 3 is 2.83 bits per heavy atom. The van der Waals surface area contributed by atoms with Gasteiger partial charge < -0.3 is 10.6 Å². The summed E-state index contributed by atoms with van der Waals surface area (Å²) in [7, 11) is 0. The van der Waals surface area contributed by atoms with Crippen molar-refractivity contribution >= 4 is 28.8 Å². The number of nitrogens with two attached hydrogens (primary N) is 1. The number of likely N-dealkylation sites (tertiary alicyclic amines) is 1. The number of piperidine rings is 1. The molecule has 1 aliphatic rings. The number of carbonyl (C=O) groups is 1. The van der Waals surface area contributed by atoms with Crippen LogP contribution in [0.3, 0.4) is 0 Å². The summed E-state index contributed by atoms with van der Waals surface area (Å²) in [6.07, 6.45) is 3.13. The van der Waals surface area contributed by atoms with Gasteiger partial charge in [0.25, 0.3) is 5.91 Å². The number of rotatable bonds is 3. The predicted octanol–water partition coefficient (Wildman–Crippen LogP) is 3.81. The minimum absolute atomic E-state index is 0.0107. The lowest BCUT2D eigenvalue weighted by molar-refractivity contribution is 0.0578. The van der Waals surface area contributed by atoms with E-state index in [2.05, 4.69) is 4.98 Å². The van der Waals surface area contributed by atoms with Crippen molar-refractivity contribution in [2.75, 3.05) is 6.54 Å². The zero-order chi connectivity index (χ0) is 16.4. The zero-order valence-corrected chi connectivity index (χ0v) is 14.6. The molecule has 2 N–H and O–H groups in total. The average Bonchev–Trinajstić information content (AvgIpc) is 3.04. The van der Waals surface area contributed by atoms with Crippen LogP contribution in [0.1, 0.15) is 36.7 Å². The maximum Gasteiger partial charge on any atom is 0.273 e. The lowest BCUT2D eigenvalue weighted by atomic mass is 9.96. The molecule has 0 bridgehead atoms. The first-order valence-electron chi connectivity index (χ1n) is 7.84. The molecule has 2 atom stereocenters. The molecule has 1 aliphatic heterocycles. The molecule has 2 aromatic rings. The molecule has 2 heterocycles. The normalized spacial score (nSPS) is 19.6. The Morgan fingerprint density at radius 1 is 1.39 bits per heavy atom. The molecule has 0 saturated carbocycles. The summed E-state index contributed by atoms with van der Waals surface area (Å²) < 4.78 is 0. The van der Waals surface area contributed by atoms with Crippen LogP contribution in [0.2, 0.25) is 5.02 Å². The van der Waals surface area contributed by atoms with Crippen molar-refractivity contribution in [2.45, 2.75) is 38.3 Å². The molecule has 3 rings (SSSR count). The SMILES string of the molecule is CC(N)C1CCCCN1C(=O)c1csc(-c2ccc(Cl)cc2)n1. The van der Waals surface area contributed by atoms with Gasteiger partial charge in [0.05, 0.1) is 0 Å². The van der Waals surface area contributed by atoms with Gasteiger partial charge in [-0.25, -0.2) is 4.98 Å². The third-order valence-corrected chi connectivity index (χ3v) is 5.37.